The van der Waals surface area contributed by atoms with Gasteiger partial charge in [-0.25, -0.2) is 0 Å². The first kappa shape index (κ1) is 11.4. The van der Waals surface area contributed by atoms with Crippen molar-refractivity contribution in [3.8, 4) is 5.75 Å². The van der Waals surface area contributed by atoms with Crippen molar-refractivity contribution >= 4 is 0 Å². The van der Waals surface area contributed by atoms with E-state index in [1.54, 1.807) is 0 Å². The normalized spacial score (nSPS) is 25.4. The van der Waals surface area contributed by atoms with E-state index in [-0.39, 0.29) is 5.54 Å². The minimum Gasteiger partial charge on any atom is -0.494 e. The lowest BCUT2D eigenvalue weighted by atomic mass is 9.90. The molecule has 1 saturated heterocycles. The highest BCUT2D eigenvalue weighted by Crippen LogP contribution is 2.23. The maximum Gasteiger partial charge on any atom is 0.119 e. The Kier molecular flexibility index (Phi) is 3.46. The van der Waals surface area contributed by atoms with Gasteiger partial charge >= 0.3 is 0 Å². The van der Waals surface area contributed by atoms with Crippen LogP contribution in [0.25, 0.3) is 0 Å². The number of benzene rings is 1. The van der Waals surface area contributed by atoms with Crippen LogP contribution >= 0.6 is 0 Å². The Labute approximate surface area is 97.2 Å². The molecule has 16 heavy (non-hydrogen) atoms. The van der Waals surface area contributed by atoms with Crippen LogP contribution in [0, 0.1) is 0 Å². The molecule has 1 fully saturated rings. The SMILES string of the molecule is CCOc1ccc(C2(C)CNCCN2)cc1. The van der Waals surface area contributed by atoms with Gasteiger partial charge in [0.1, 0.15) is 5.75 Å². The first-order chi connectivity index (χ1) is 7.74. The predicted octanol–water partition coefficient (Wildman–Crippen LogP) is 1.49. The van der Waals surface area contributed by atoms with E-state index in [0.29, 0.717) is 0 Å². The van der Waals surface area contributed by atoms with Crippen molar-refractivity contribution < 1.29 is 4.74 Å². The standard InChI is InChI=1S/C13H20N2O/c1-3-16-12-6-4-11(5-7-12)13(2)10-14-8-9-15-13/h4-7,14-15H,3,8-10H2,1-2H3. The van der Waals surface area contributed by atoms with Crippen molar-refractivity contribution in [2.24, 2.45) is 0 Å². The highest BCUT2D eigenvalue weighted by molar-refractivity contribution is 5.32. The summed E-state index contributed by atoms with van der Waals surface area (Å²) in [6, 6.07) is 8.37. The van der Waals surface area contributed by atoms with E-state index < -0.39 is 0 Å². The van der Waals surface area contributed by atoms with Crippen LogP contribution < -0.4 is 15.4 Å². The third-order valence-corrected chi connectivity index (χ3v) is 3.10. The van der Waals surface area contributed by atoms with Gasteiger partial charge in [0.15, 0.2) is 0 Å². The molecule has 2 rings (SSSR count). The van der Waals surface area contributed by atoms with Crippen molar-refractivity contribution in [2.45, 2.75) is 19.4 Å². The van der Waals surface area contributed by atoms with Crippen LogP contribution in [0.4, 0.5) is 0 Å². The molecule has 1 unspecified atom stereocenters. The van der Waals surface area contributed by atoms with Crippen molar-refractivity contribution in [2.75, 3.05) is 26.2 Å². The molecule has 1 aromatic rings. The summed E-state index contributed by atoms with van der Waals surface area (Å²) >= 11 is 0. The summed E-state index contributed by atoms with van der Waals surface area (Å²) in [5.74, 6) is 0.943. The van der Waals surface area contributed by atoms with Crippen LogP contribution in [0.2, 0.25) is 0 Å². The first-order valence-electron chi connectivity index (χ1n) is 5.94. The predicted molar refractivity (Wildman–Crippen MR) is 65.8 cm³/mol. The third-order valence-electron chi connectivity index (χ3n) is 3.10. The van der Waals surface area contributed by atoms with Gasteiger partial charge in [0.2, 0.25) is 0 Å². The second kappa shape index (κ2) is 4.85. The lowest BCUT2D eigenvalue weighted by Crippen LogP contribution is -2.54. The number of hydrogen-bond acceptors (Lipinski definition) is 3. The first-order valence-corrected chi connectivity index (χ1v) is 5.94. The zero-order chi connectivity index (χ0) is 11.4. The fourth-order valence-corrected chi connectivity index (χ4v) is 2.12. The Morgan fingerprint density at radius 1 is 1.25 bits per heavy atom. The largest absolute Gasteiger partial charge is 0.494 e. The number of hydrogen-bond donors (Lipinski definition) is 2. The Bertz CT molecular complexity index is 328. The molecule has 1 atom stereocenters. The highest BCUT2D eigenvalue weighted by Gasteiger charge is 2.27. The molecule has 0 bridgehead atoms. The summed E-state index contributed by atoms with van der Waals surface area (Å²) in [4.78, 5) is 0. The van der Waals surface area contributed by atoms with Gasteiger partial charge in [0, 0.05) is 19.6 Å². The summed E-state index contributed by atoms with van der Waals surface area (Å²) in [7, 11) is 0. The van der Waals surface area contributed by atoms with Crippen molar-refractivity contribution in [3.05, 3.63) is 29.8 Å². The average molecular weight is 220 g/mol. The quantitative estimate of drug-likeness (QED) is 0.810. The van der Waals surface area contributed by atoms with Gasteiger partial charge in [0.25, 0.3) is 0 Å². The maximum atomic E-state index is 5.45. The fraction of sp³-hybridized carbons (Fsp3) is 0.538. The summed E-state index contributed by atoms with van der Waals surface area (Å²) in [5.41, 5.74) is 1.35. The smallest absolute Gasteiger partial charge is 0.119 e. The fourth-order valence-electron chi connectivity index (χ4n) is 2.12. The topological polar surface area (TPSA) is 33.3 Å². The second-order valence-corrected chi connectivity index (χ2v) is 4.39. The number of nitrogens with one attached hydrogen (secondary N) is 2. The molecule has 3 nitrogen and oxygen atoms in total. The molecular formula is C13H20N2O. The van der Waals surface area contributed by atoms with Crippen LogP contribution in [0.3, 0.4) is 0 Å². The molecule has 0 aliphatic carbocycles. The molecule has 1 aliphatic heterocycles. The molecular weight excluding hydrogens is 200 g/mol. The zero-order valence-corrected chi connectivity index (χ0v) is 10.0. The van der Waals surface area contributed by atoms with Gasteiger partial charge in [-0.3, -0.25) is 0 Å². The molecule has 0 spiro atoms. The van der Waals surface area contributed by atoms with Gasteiger partial charge in [-0.2, -0.15) is 0 Å². The molecule has 2 N–H and O–H groups in total. The summed E-state index contributed by atoms with van der Waals surface area (Å²) in [5, 5.41) is 6.98. The van der Waals surface area contributed by atoms with Gasteiger partial charge in [-0.15, -0.1) is 0 Å². The molecule has 3 heteroatoms. The Balaban J connectivity index is 2.13. The van der Waals surface area contributed by atoms with Crippen LogP contribution in [-0.4, -0.2) is 26.2 Å². The van der Waals surface area contributed by atoms with E-state index in [0.717, 1.165) is 32.0 Å². The molecule has 0 amide bonds. The van der Waals surface area contributed by atoms with Crippen LogP contribution in [0.15, 0.2) is 24.3 Å². The number of piperazine rings is 1. The van der Waals surface area contributed by atoms with Crippen molar-refractivity contribution in [1.82, 2.24) is 10.6 Å². The van der Waals surface area contributed by atoms with E-state index in [9.17, 15) is 0 Å². The zero-order valence-electron chi connectivity index (χ0n) is 10.0. The van der Waals surface area contributed by atoms with E-state index in [1.165, 1.54) is 5.56 Å². The molecule has 0 saturated carbocycles. The van der Waals surface area contributed by atoms with Gasteiger partial charge in [0.05, 0.1) is 12.1 Å². The number of rotatable bonds is 3. The monoisotopic (exact) mass is 220 g/mol. The van der Waals surface area contributed by atoms with Crippen molar-refractivity contribution in [1.29, 1.82) is 0 Å². The molecule has 1 aromatic carbocycles. The van der Waals surface area contributed by atoms with E-state index in [4.69, 9.17) is 4.74 Å². The van der Waals surface area contributed by atoms with Gasteiger partial charge in [-0.05, 0) is 31.5 Å². The van der Waals surface area contributed by atoms with Gasteiger partial charge in [-0.1, -0.05) is 12.1 Å². The molecule has 1 heterocycles. The Morgan fingerprint density at radius 2 is 2.00 bits per heavy atom. The van der Waals surface area contributed by atoms with E-state index in [1.807, 2.05) is 19.1 Å². The van der Waals surface area contributed by atoms with E-state index >= 15 is 0 Å². The third kappa shape index (κ3) is 2.36. The molecule has 0 radical (unpaired) electrons. The summed E-state index contributed by atoms with van der Waals surface area (Å²) in [6.45, 7) is 7.99. The molecule has 1 aliphatic rings. The molecule has 0 aromatic heterocycles. The van der Waals surface area contributed by atoms with Crippen LogP contribution in [0.5, 0.6) is 5.75 Å². The van der Waals surface area contributed by atoms with Crippen molar-refractivity contribution in [3.63, 3.8) is 0 Å². The van der Waals surface area contributed by atoms with E-state index in [2.05, 4.69) is 29.7 Å². The average Bonchev–Trinajstić information content (AvgIpc) is 2.31. The Morgan fingerprint density at radius 3 is 2.56 bits per heavy atom. The van der Waals surface area contributed by atoms with Crippen LogP contribution in [-0.2, 0) is 5.54 Å². The summed E-state index contributed by atoms with van der Waals surface area (Å²) in [6.07, 6.45) is 0. The molecule has 88 valence electrons. The maximum absolute atomic E-state index is 5.45. The Hall–Kier alpha value is -1.06. The lowest BCUT2D eigenvalue weighted by molar-refractivity contribution is 0.302. The van der Waals surface area contributed by atoms with Gasteiger partial charge < -0.3 is 15.4 Å². The lowest BCUT2D eigenvalue weighted by Gasteiger charge is -2.36. The minimum absolute atomic E-state index is 0.0446. The highest BCUT2D eigenvalue weighted by atomic mass is 16.5. The minimum atomic E-state index is 0.0446. The van der Waals surface area contributed by atoms with Crippen LogP contribution in [0.1, 0.15) is 19.4 Å². The number of ether oxygens (including phenoxy) is 1. The second-order valence-electron chi connectivity index (χ2n) is 4.39. The summed E-state index contributed by atoms with van der Waals surface area (Å²) < 4.78 is 5.45.